The molecule has 0 saturated carbocycles. The summed E-state index contributed by atoms with van der Waals surface area (Å²) in [7, 11) is 6.58. The molecule has 0 spiro atoms. The number of hydrogen-bond donors (Lipinski definition) is 5. The van der Waals surface area contributed by atoms with Gasteiger partial charge in [-0.3, -0.25) is 17.6 Å². The molecule has 2 aliphatic rings. The number of carbonyl (C=O) groups is 1. The Labute approximate surface area is 359 Å². The summed E-state index contributed by atoms with van der Waals surface area (Å²) in [6.07, 6.45) is -16.2. The zero-order valence-corrected chi connectivity index (χ0v) is 37.8. The number of halogens is 14. The molecule has 0 aromatic carbocycles. The van der Waals surface area contributed by atoms with E-state index in [1.807, 2.05) is 21.1 Å². The first-order valence-corrected chi connectivity index (χ1v) is 18.9. The van der Waals surface area contributed by atoms with E-state index in [1.54, 1.807) is 13.8 Å². The number of ether oxygens (including phenoxy) is 5. The van der Waals surface area contributed by atoms with Gasteiger partial charge in [-0.05, 0) is 26.7 Å². The monoisotopic (exact) mass is 999 g/mol. The molecule has 30 heteroatoms. The second-order valence-corrected chi connectivity index (χ2v) is 14.0. The van der Waals surface area contributed by atoms with Gasteiger partial charge in [-0.25, -0.2) is 8.78 Å². The summed E-state index contributed by atoms with van der Waals surface area (Å²) in [6.45, 7) is 1.72. The maximum absolute atomic E-state index is 12.0. The van der Waals surface area contributed by atoms with Gasteiger partial charge in [0.25, 0.3) is 0 Å². The summed E-state index contributed by atoms with van der Waals surface area (Å²) in [5.41, 5.74) is 0. The van der Waals surface area contributed by atoms with Gasteiger partial charge in [0.1, 0.15) is 48.8 Å². The number of rotatable bonds is 12. The van der Waals surface area contributed by atoms with E-state index < -0.39 is 103 Å². The summed E-state index contributed by atoms with van der Waals surface area (Å²) < 4.78 is 185. The van der Waals surface area contributed by atoms with Crippen molar-refractivity contribution in [1.82, 2.24) is 0 Å². The van der Waals surface area contributed by atoms with Gasteiger partial charge in [0, 0.05) is 21.1 Å². The van der Waals surface area contributed by atoms with Crippen LogP contribution in [-0.4, -0.2) is 221 Å². The standard InChI is InChI=1S/C10H18O7.C8H16O5.C7H17FNO2S.C2H3F3.CF4.CH2F2.4CH3F/c1-5-8(13)9(14)10(15-2)6(17-5)3-16-4-7(11)12;1-4-6(10)7(11)8(12-2)5(3-9)13-4;1-9(2,3)6-4-5-7-12(8,10)11;1-2(3,4)5;2-1(3,4)5;2-1-3;4*1-2/h5-6,8-10,13-14H,3-4H2,1-2H3,(H,11,12);4-11H,3H2,1-2H3;4-7H2,1-3H3;1H3;;1H2;4*1H3/q;;+1;;;;;;;/p-1. The van der Waals surface area contributed by atoms with E-state index in [9.17, 15) is 99.7 Å². The van der Waals surface area contributed by atoms with E-state index >= 15 is 0 Å². The van der Waals surface area contributed by atoms with Crippen molar-refractivity contribution in [3.63, 3.8) is 0 Å². The number of carboxylic acids is 1. The van der Waals surface area contributed by atoms with Crippen molar-refractivity contribution in [2.75, 3.05) is 103 Å². The van der Waals surface area contributed by atoms with Crippen molar-refractivity contribution in [2.45, 2.75) is 107 Å². The third-order valence-electron chi connectivity index (χ3n) is 6.54. The molecule has 10 unspecified atom stereocenters. The maximum Gasteiger partial charge on any atom is 0.559 e. The van der Waals surface area contributed by atoms with Crippen molar-refractivity contribution in [2.24, 2.45) is 0 Å². The number of carboxylic acid groups (broad SMARTS) is 1. The van der Waals surface area contributed by atoms with Crippen LogP contribution in [0, 0.1) is 0 Å². The molecule has 10 atom stereocenters. The van der Waals surface area contributed by atoms with Gasteiger partial charge in [0.2, 0.25) is 6.93 Å². The van der Waals surface area contributed by atoms with Crippen LogP contribution in [0.15, 0.2) is 0 Å². The number of alkyl halides is 13. The second kappa shape index (κ2) is 45.2. The highest BCUT2D eigenvalue weighted by Gasteiger charge is 2.43. The van der Waals surface area contributed by atoms with Crippen LogP contribution >= 0.6 is 0 Å². The number of hydrogen-bond acceptors (Lipinski definition) is 14. The van der Waals surface area contributed by atoms with Crippen LogP contribution in [-0.2, 0) is 38.7 Å². The Morgan fingerprint density at radius 3 is 1.27 bits per heavy atom. The first-order chi connectivity index (χ1) is 28.7. The third kappa shape index (κ3) is 58.0. The van der Waals surface area contributed by atoms with Gasteiger partial charge in [-0.2, -0.15) is 21.6 Å². The molecule has 0 aromatic heterocycles. The van der Waals surface area contributed by atoms with Gasteiger partial charge in [-0.15, -0.1) is 21.4 Å². The zero-order chi connectivity index (χ0) is 52.5. The fraction of sp³-hybridized carbons (Fsp3) is 0.970. The van der Waals surface area contributed by atoms with Crippen LogP contribution in [0.3, 0.4) is 0 Å². The van der Waals surface area contributed by atoms with E-state index in [0.717, 1.165) is 17.4 Å². The average molecular weight is 1000 g/mol. The summed E-state index contributed by atoms with van der Waals surface area (Å²) in [5.74, 6) is -1.67. The van der Waals surface area contributed by atoms with Gasteiger partial charge in [0.15, 0.2) is 0 Å². The average Bonchev–Trinajstić information content (AvgIpc) is 3.16. The van der Waals surface area contributed by atoms with E-state index in [1.165, 1.54) is 14.2 Å². The molecule has 2 heterocycles. The summed E-state index contributed by atoms with van der Waals surface area (Å²) in [6, 6.07) is 0. The fourth-order valence-corrected chi connectivity index (χ4v) is 4.78. The van der Waals surface area contributed by atoms with E-state index in [-0.39, 0.29) is 25.9 Å². The van der Waals surface area contributed by atoms with Crippen molar-refractivity contribution in [3.05, 3.63) is 0 Å². The number of nitrogens with zero attached hydrogens (tertiary/aromatic N) is 1. The maximum atomic E-state index is 12.0. The topological polar surface area (TPSA) is 222 Å². The van der Waals surface area contributed by atoms with Crippen molar-refractivity contribution in [3.8, 4) is 0 Å². The normalized spacial score (nSPS) is 24.9. The zero-order valence-electron chi connectivity index (χ0n) is 37.0. The molecule has 2 saturated heterocycles. The molecule has 0 aromatic rings. The van der Waals surface area contributed by atoms with Crippen LogP contribution in [0.5, 0.6) is 0 Å². The Kier molecular flexibility index (Phi) is 56.1. The largest absolute Gasteiger partial charge is 0.559 e. The molecule has 0 radical (unpaired) electrons. The first kappa shape index (κ1) is 78.2. The lowest BCUT2D eigenvalue weighted by molar-refractivity contribution is -0.870. The van der Waals surface area contributed by atoms with Crippen LogP contribution in [0.1, 0.15) is 33.6 Å². The van der Waals surface area contributed by atoms with Gasteiger partial charge in [0.05, 0.1) is 100 Å². The minimum atomic E-state index is -5.50. The highest BCUT2D eigenvalue weighted by atomic mass is 32.3. The lowest BCUT2D eigenvalue weighted by atomic mass is 9.96. The number of aliphatic hydroxyl groups excluding tert-OH is 5. The van der Waals surface area contributed by atoms with Crippen molar-refractivity contribution in [1.29, 1.82) is 0 Å². The first-order valence-electron chi connectivity index (χ1n) is 17.4. The summed E-state index contributed by atoms with van der Waals surface area (Å²) in [4.78, 5) is 10.2. The third-order valence-corrected chi connectivity index (χ3v) is 7.32. The number of methoxy groups -OCH3 is 2. The van der Waals surface area contributed by atoms with Crippen LogP contribution in [0.4, 0.5) is 61.0 Å². The predicted molar refractivity (Wildman–Crippen MR) is 198 cm³/mol. The fourth-order valence-electron chi connectivity index (χ4n) is 4.23. The molecule has 0 aliphatic carbocycles. The van der Waals surface area contributed by atoms with E-state index in [4.69, 9.17) is 28.8 Å². The molecular formula is C33H67F14NO14S. The SMILES string of the molecule is CC(F)(F)F.CF.CF.CF.CF.COC1C(CO)OC(C)C(O)C1O.COC1C(COCC(=O)[O-])OC(C)C(O)C1O.C[N+](C)(C)CCCCS(=O)(=O)F.FC(F)(F)F.FCF. The van der Waals surface area contributed by atoms with Gasteiger partial charge < -0.3 is 63.6 Å². The Morgan fingerprint density at radius 2 is 1.02 bits per heavy atom. The van der Waals surface area contributed by atoms with Gasteiger partial charge >= 0.3 is 22.8 Å². The van der Waals surface area contributed by atoms with E-state index in [2.05, 4.69) is 0 Å². The Bertz CT molecular complexity index is 1060. The quantitative estimate of drug-likeness (QED) is 0.0822. The molecule has 392 valence electrons. The molecule has 0 amide bonds. The molecule has 2 fully saturated rings. The Balaban J connectivity index is -0.0000000992. The molecular weight excluding hydrogens is 932 g/mol. The van der Waals surface area contributed by atoms with Crippen molar-refractivity contribution >= 4 is 16.2 Å². The molecule has 63 heavy (non-hydrogen) atoms. The van der Waals surface area contributed by atoms with Crippen LogP contribution in [0.2, 0.25) is 0 Å². The minimum absolute atomic E-state index is 0.0550. The highest BCUT2D eigenvalue weighted by molar-refractivity contribution is 7.86. The summed E-state index contributed by atoms with van der Waals surface area (Å²) in [5, 5.41) is 57.4. The Hall–Kier alpha value is -2.00. The van der Waals surface area contributed by atoms with Gasteiger partial charge in [-0.1, -0.05) is 0 Å². The number of unbranched alkanes of at least 4 members (excludes halogenated alkanes) is 1. The summed E-state index contributed by atoms with van der Waals surface area (Å²) >= 11 is 0. The van der Waals surface area contributed by atoms with Crippen molar-refractivity contribution < 1.29 is 133 Å². The predicted octanol–water partition coefficient (Wildman–Crippen LogP) is 2.82. The lowest BCUT2D eigenvalue weighted by Gasteiger charge is -2.40. The molecule has 2 aliphatic heterocycles. The highest BCUT2D eigenvalue weighted by Crippen LogP contribution is 2.24. The number of carbonyl (C=O) groups excluding carboxylic acids is 1. The lowest BCUT2D eigenvalue weighted by Crippen LogP contribution is -2.58. The smallest absolute Gasteiger partial charge is 0.548 e. The Morgan fingerprint density at radius 1 is 0.714 bits per heavy atom. The van der Waals surface area contributed by atoms with Crippen LogP contribution in [0.25, 0.3) is 0 Å². The molecule has 5 N–H and O–H groups in total. The number of quaternary nitrogens is 1. The molecule has 2 rings (SSSR count). The van der Waals surface area contributed by atoms with Crippen LogP contribution < -0.4 is 5.11 Å². The second-order valence-electron chi connectivity index (χ2n) is 12.5. The number of aliphatic hydroxyl groups is 5. The molecule has 0 bridgehead atoms. The number of aliphatic carboxylic acids is 1. The molecule has 15 nitrogen and oxygen atoms in total. The minimum Gasteiger partial charge on any atom is -0.548 e. The van der Waals surface area contributed by atoms with E-state index in [0.29, 0.717) is 35.1 Å².